The van der Waals surface area contributed by atoms with E-state index in [1.807, 2.05) is 144 Å². The predicted octanol–water partition coefficient (Wildman–Crippen LogP) is 19.8. The SMILES string of the molecule is [2H]C([2H])([2H])C([2H])(C)c1ccc(-c2ccc(-c3ccccc3C)[n+](C)c2)cc1.[2H]C([2H])([2H])C([2H])(Cc1ccc(-c2ccc(-c3ccccc3C)[n+](C)c2)cc1)C([2H])([2H])[2H].[2H]C([2H])([2H])Cc1ccc(-c2ccc(-c3ccccc3C)[n+](C)c2)cc1.[2H]C([2H])([2H])c1ccc(-c2ccc(-c3ccccc3C)[n+](C)c2)cc1. The first-order valence-corrected chi connectivity index (χ1v) is 30.3. The number of hydrogen-bond donors (Lipinski definition) is 0. The summed E-state index contributed by atoms with van der Waals surface area (Å²) in [6.07, 6.45) is 8.01. The molecule has 8 aromatic carbocycles. The Morgan fingerprint density at radius 3 is 0.922 bits per heavy atom. The minimum absolute atomic E-state index is 0.104. The highest BCUT2D eigenvalue weighted by Crippen LogP contribution is 2.29. The van der Waals surface area contributed by atoms with Crippen LogP contribution in [0.3, 0.4) is 0 Å². The number of hydrogen-bond acceptors (Lipinski definition) is 0. The molecule has 452 valence electrons. The van der Waals surface area contributed by atoms with Crippen molar-refractivity contribution in [2.75, 3.05) is 0 Å². The summed E-state index contributed by atoms with van der Waals surface area (Å²) in [5.74, 6) is -4.17. The number of rotatable bonds is 12. The first-order chi connectivity index (χ1) is 50.1. The standard InChI is InChI=1S/C23H26N.C22H24N.C21H22N.C20H20N/c1-17(2)15-19-9-11-20(12-10-19)21-13-14-23(24(4)16-21)22-8-6-5-7-18(22)3;1-16(2)18-9-11-19(12-10-18)20-13-14-22(23(4)15-20)21-8-6-5-7-17(21)3;1-4-17-9-11-18(12-10-17)19-13-14-21(22(3)15-19)20-8-6-5-7-16(20)2;1-15-8-10-17(11-9-15)18-12-13-20(21(3)14-18)19-7-5-4-6-16(19)2/h5-14,16-17H,15H2,1-4H3;5-16H,1-4H3;5-15H,4H2,1-3H3;4-14H,1-3H3/q4*+1/i1D3,2D3,17D;1D3,16D;2*1D3. The maximum atomic E-state index is 8.20. The van der Waals surface area contributed by atoms with Crippen LogP contribution >= 0.6 is 0 Å². The van der Waals surface area contributed by atoms with Crippen molar-refractivity contribution in [1.29, 1.82) is 0 Å². The lowest BCUT2D eigenvalue weighted by atomic mass is 9.98. The highest BCUT2D eigenvalue weighted by atomic mass is 14.9. The number of aryl methyl sites for hydroxylation is 10. The highest BCUT2D eigenvalue weighted by Gasteiger charge is 2.18. The van der Waals surface area contributed by atoms with Gasteiger partial charge in [-0.05, 0) is 169 Å². The van der Waals surface area contributed by atoms with Crippen LogP contribution in [0.4, 0.5) is 0 Å². The molecule has 0 saturated carbocycles. The lowest BCUT2D eigenvalue weighted by Crippen LogP contribution is -2.30. The Hall–Kier alpha value is -9.64. The first-order valence-electron chi connectivity index (χ1n) is 38.8. The van der Waals surface area contributed by atoms with Gasteiger partial charge in [0.2, 0.25) is 22.8 Å². The second kappa shape index (κ2) is 30.5. The van der Waals surface area contributed by atoms with Gasteiger partial charge in [-0.1, -0.05) is 210 Å². The molecule has 12 aromatic rings. The van der Waals surface area contributed by atoms with Crippen LogP contribution in [0.2, 0.25) is 0 Å². The van der Waals surface area contributed by atoms with Crippen LogP contribution in [0.1, 0.15) is 108 Å². The molecule has 1 atom stereocenters. The largest absolute Gasteiger partial charge is 0.212 e. The fraction of sp³-hybridized carbons (Fsp3) is 0.209. The average Bonchev–Trinajstić information content (AvgIpc) is 0.763. The van der Waals surface area contributed by atoms with Gasteiger partial charge in [0.05, 0.1) is 0 Å². The van der Waals surface area contributed by atoms with Gasteiger partial charge in [-0.15, -0.1) is 0 Å². The Balaban J connectivity index is 0.000000166. The Kier molecular flexibility index (Phi) is 15.5. The van der Waals surface area contributed by atoms with E-state index in [-0.39, 0.29) is 12.8 Å². The second-order valence-corrected chi connectivity index (χ2v) is 22.9. The van der Waals surface area contributed by atoms with Gasteiger partial charge in [0.15, 0.2) is 24.8 Å². The van der Waals surface area contributed by atoms with Crippen molar-refractivity contribution in [1.82, 2.24) is 0 Å². The van der Waals surface area contributed by atoms with Crippen LogP contribution in [0.25, 0.3) is 89.5 Å². The fourth-order valence-electron chi connectivity index (χ4n) is 11.1. The van der Waals surface area contributed by atoms with E-state index >= 15 is 0 Å². The molecule has 0 spiro atoms. The van der Waals surface area contributed by atoms with Crippen molar-refractivity contribution in [3.8, 4) is 89.5 Å². The summed E-state index contributed by atoms with van der Waals surface area (Å²) in [7, 11) is 8.09. The molecule has 0 N–H and O–H groups in total. The smallest absolute Gasteiger partial charge is 0.200 e. The molecule has 4 aromatic heterocycles. The summed E-state index contributed by atoms with van der Waals surface area (Å²) in [6.45, 7) is -2.35. The van der Waals surface area contributed by atoms with Crippen LogP contribution in [0, 0.1) is 40.4 Å². The fourth-order valence-corrected chi connectivity index (χ4v) is 11.1. The van der Waals surface area contributed by atoms with E-state index in [4.69, 9.17) is 23.3 Å². The van der Waals surface area contributed by atoms with E-state index in [0.717, 1.165) is 72.7 Å². The normalized spacial score (nSPS) is 15.1. The topological polar surface area (TPSA) is 15.5 Å². The number of aromatic nitrogens is 4. The minimum Gasteiger partial charge on any atom is -0.200 e. The van der Waals surface area contributed by atoms with Crippen LogP contribution in [-0.4, -0.2) is 0 Å². The summed E-state index contributed by atoms with van der Waals surface area (Å²) in [4.78, 5) is 0. The molecule has 12 rings (SSSR count). The van der Waals surface area contributed by atoms with Crippen LogP contribution < -0.4 is 18.3 Å². The van der Waals surface area contributed by atoms with E-state index in [2.05, 4.69) is 162 Å². The zero-order valence-corrected chi connectivity index (χ0v) is 53.1. The average molecular weight is 1200 g/mol. The third-order valence-electron chi connectivity index (χ3n) is 16.2. The molecular weight excluding hydrogens is 1090 g/mol. The number of benzene rings is 8. The van der Waals surface area contributed by atoms with Gasteiger partial charge in [0.1, 0.15) is 28.2 Å². The lowest BCUT2D eigenvalue weighted by molar-refractivity contribution is -0.660. The van der Waals surface area contributed by atoms with Crippen molar-refractivity contribution < 1.29 is 41.6 Å². The van der Waals surface area contributed by atoms with Crippen molar-refractivity contribution in [3.05, 3.63) is 312 Å². The van der Waals surface area contributed by atoms with E-state index in [9.17, 15) is 0 Å². The summed E-state index contributed by atoms with van der Waals surface area (Å²) in [6, 6.07) is 79.0. The molecule has 1 unspecified atom stereocenters. The quantitative estimate of drug-likeness (QED) is 0.108. The van der Waals surface area contributed by atoms with Gasteiger partial charge < -0.3 is 0 Å². The molecule has 0 aliphatic carbocycles. The molecule has 0 bridgehead atoms. The van der Waals surface area contributed by atoms with Gasteiger partial charge in [-0.2, -0.15) is 0 Å². The lowest BCUT2D eigenvalue weighted by Gasteiger charge is -2.08. The minimum atomic E-state index is -2.92. The molecule has 4 heterocycles. The number of nitrogens with zero attached hydrogens (tertiary/aromatic N) is 4. The molecule has 0 aliphatic rings. The zero-order chi connectivity index (χ0) is 78.2. The van der Waals surface area contributed by atoms with Gasteiger partial charge in [0.25, 0.3) is 0 Å². The maximum Gasteiger partial charge on any atom is 0.212 e. The van der Waals surface area contributed by atoms with Crippen LogP contribution in [0.15, 0.2) is 267 Å². The molecule has 0 aliphatic heterocycles. The third kappa shape index (κ3) is 16.5. The van der Waals surface area contributed by atoms with Gasteiger partial charge in [0, 0.05) is 92.1 Å². The Labute approximate surface area is 562 Å². The highest BCUT2D eigenvalue weighted by molar-refractivity contribution is 5.70. The summed E-state index contributed by atoms with van der Waals surface area (Å²) < 4.78 is 138. The monoisotopic (exact) mass is 1200 g/mol. The molecule has 0 fully saturated rings. The van der Waals surface area contributed by atoms with Crippen molar-refractivity contribution in [2.24, 2.45) is 34.1 Å². The molecular formula is C86H92N4+4. The van der Waals surface area contributed by atoms with E-state index in [0.29, 0.717) is 16.7 Å². The Morgan fingerprint density at radius 2 is 0.633 bits per heavy atom. The van der Waals surface area contributed by atoms with Crippen molar-refractivity contribution in [2.45, 2.75) is 87.6 Å². The van der Waals surface area contributed by atoms with Gasteiger partial charge in [-0.25, -0.2) is 18.3 Å². The van der Waals surface area contributed by atoms with E-state index in [1.165, 1.54) is 51.6 Å². The summed E-state index contributed by atoms with van der Waals surface area (Å²) in [5.41, 5.74) is 24.7. The maximum absolute atomic E-state index is 8.20. The molecule has 0 radical (unpaired) electrons. The van der Waals surface area contributed by atoms with Crippen LogP contribution in [-0.2, 0) is 41.0 Å². The predicted molar refractivity (Wildman–Crippen MR) is 380 cm³/mol. The Bertz CT molecular complexity index is 5020. The molecule has 4 heteroatoms. The van der Waals surface area contributed by atoms with E-state index < -0.39 is 46.0 Å². The molecule has 4 nitrogen and oxygen atoms in total. The molecule has 0 saturated heterocycles. The summed E-state index contributed by atoms with van der Waals surface area (Å²) >= 11 is 0. The summed E-state index contributed by atoms with van der Waals surface area (Å²) in [5, 5.41) is 0. The van der Waals surface area contributed by atoms with Gasteiger partial charge >= 0.3 is 0 Å². The first kappa shape index (κ1) is 45.6. The Morgan fingerprint density at radius 1 is 0.333 bits per heavy atom. The molecule has 90 heavy (non-hydrogen) atoms. The number of pyridine rings is 4. The zero-order valence-electron chi connectivity index (χ0n) is 70.1. The van der Waals surface area contributed by atoms with Gasteiger partial charge in [-0.3, -0.25) is 0 Å². The second-order valence-electron chi connectivity index (χ2n) is 22.9. The third-order valence-corrected chi connectivity index (χ3v) is 16.2. The van der Waals surface area contributed by atoms with Crippen molar-refractivity contribution in [3.63, 3.8) is 0 Å². The van der Waals surface area contributed by atoms with Crippen LogP contribution in [0.5, 0.6) is 0 Å². The molecule has 0 amide bonds. The van der Waals surface area contributed by atoms with E-state index in [1.54, 1.807) is 36.4 Å². The van der Waals surface area contributed by atoms with Crippen molar-refractivity contribution >= 4 is 0 Å².